The van der Waals surface area contributed by atoms with Gasteiger partial charge in [-0.3, -0.25) is 9.59 Å². The van der Waals surface area contributed by atoms with Gasteiger partial charge in [0.15, 0.2) is 5.43 Å². The number of hydrogen-bond donors (Lipinski definition) is 1. The predicted octanol–water partition coefficient (Wildman–Crippen LogP) is 1.25. The van der Waals surface area contributed by atoms with Crippen molar-refractivity contribution in [1.82, 2.24) is 9.55 Å². The van der Waals surface area contributed by atoms with Crippen molar-refractivity contribution in [3.8, 4) is 0 Å². The van der Waals surface area contributed by atoms with Gasteiger partial charge in [-0.1, -0.05) is 0 Å². The molecular formula is C10H7F3N2O2. The van der Waals surface area contributed by atoms with E-state index < -0.39 is 23.7 Å². The molecule has 0 aromatic carbocycles. The second kappa shape index (κ2) is 3.76. The second-order valence-corrected chi connectivity index (χ2v) is 3.49. The zero-order chi connectivity index (χ0) is 12.6. The number of aromatic nitrogens is 2. The van der Waals surface area contributed by atoms with E-state index in [1.165, 1.54) is 18.3 Å². The fourth-order valence-corrected chi connectivity index (χ4v) is 1.53. The minimum Gasteiger partial charge on any atom is -0.356 e. The monoisotopic (exact) mass is 244 g/mol. The quantitative estimate of drug-likeness (QED) is 0.820. The van der Waals surface area contributed by atoms with E-state index in [9.17, 15) is 22.8 Å². The standard InChI is InChI=1S/C10H7F3N2O2/c11-10(12,13)5-15-4-2-6-7(16)1-3-14-8(6)9(15)17/h1-4H,5H2,(H,14,16). The Balaban J connectivity index is 2.67. The van der Waals surface area contributed by atoms with Crippen molar-refractivity contribution in [3.05, 3.63) is 45.1 Å². The van der Waals surface area contributed by atoms with Crippen LogP contribution in [0.15, 0.2) is 34.1 Å². The van der Waals surface area contributed by atoms with E-state index in [1.54, 1.807) is 0 Å². The number of nitrogens with zero attached hydrogens (tertiary/aromatic N) is 1. The molecule has 0 aliphatic heterocycles. The van der Waals surface area contributed by atoms with Crippen LogP contribution in [0.1, 0.15) is 0 Å². The van der Waals surface area contributed by atoms with Gasteiger partial charge in [0.2, 0.25) is 0 Å². The topological polar surface area (TPSA) is 54.9 Å². The predicted molar refractivity (Wildman–Crippen MR) is 54.9 cm³/mol. The molecule has 0 aliphatic rings. The van der Waals surface area contributed by atoms with Crippen LogP contribution < -0.4 is 11.0 Å². The van der Waals surface area contributed by atoms with Crippen molar-refractivity contribution in [2.75, 3.05) is 0 Å². The van der Waals surface area contributed by atoms with Crippen LogP contribution in [0.4, 0.5) is 13.2 Å². The van der Waals surface area contributed by atoms with Crippen molar-refractivity contribution >= 4 is 10.9 Å². The van der Waals surface area contributed by atoms with E-state index in [1.807, 2.05) is 0 Å². The zero-order valence-electron chi connectivity index (χ0n) is 8.41. The lowest BCUT2D eigenvalue weighted by molar-refractivity contribution is -0.141. The molecule has 4 nitrogen and oxygen atoms in total. The number of halogens is 3. The summed E-state index contributed by atoms with van der Waals surface area (Å²) in [5.41, 5.74) is -1.39. The minimum absolute atomic E-state index is 0.0796. The average Bonchev–Trinajstić information content (AvgIpc) is 2.21. The molecule has 17 heavy (non-hydrogen) atoms. The van der Waals surface area contributed by atoms with Gasteiger partial charge in [-0.15, -0.1) is 0 Å². The normalized spacial score (nSPS) is 11.9. The molecule has 2 aromatic heterocycles. The second-order valence-electron chi connectivity index (χ2n) is 3.49. The molecule has 0 aliphatic carbocycles. The van der Waals surface area contributed by atoms with Crippen LogP contribution in [0.5, 0.6) is 0 Å². The number of alkyl halides is 3. The summed E-state index contributed by atoms with van der Waals surface area (Å²) in [6.07, 6.45) is -2.29. The number of pyridine rings is 2. The molecule has 2 heterocycles. The Morgan fingerprint density at radius 3 is 2.59 bits per heavy atom. The van der Waals surface area contributed by atoms with E-state index in [-0.39, 0.29) is 10.9 Å². The Bertz CT molecular complexity index is 670. The van der Waals surface area contributed by atoms with Crippen molar-refractivity contribution in [3.63, 3.8) is 0 Å². The summed E-state index contributed by atoms with van der Waals surface area (Å²) in [6, 6.07) is 2.40. The molecule has 1 N–H and O–H groups in total. The van der Waals surface area contributed by atoms with E-state index >= 15 is 0 Å². The highest BCUT2D eigenvalue weighted by Gasteiger charge is 2.28. The molecule has 0 saturated heterocycles. The molecule has 90 valence electrons. The smallest absolute Gasteiger partial charge is 0.356 e. The molecule has 0 fully saturated rings. The van der Waals surface area contributed by atoms with Gasteiger partial charge in [-0.2, -0.15) is 13.2 Å². The largest absolute Gasteiger partial charge is 0.406 e. The van der Waals surface area contributed by atoms with Crippen LogP contribution in [0, 0.1) is 0 Å². The minimum atomic E-state index is -4.48. The highest BCUT2D eigenvalue weighted by molar-refractivity contribution is 5.76. The number of aromatic amines is 1. The molecule has 2 aromatic rings. The first-order chi connectivity index (χ1) is 7.88. The molecule has 0 bridgehead atoms. The van der Waals surface area contributed by atoms with Crippen LogP contribution in [0.2, 0.25) is 0 Å². The maximum atomic E-state index is 12.2. The Labute approximate surface area is 92.3 Å². The van der Waals surface area contributed by atoms with Gasteiger partial charge in [0.05, 0.1) is 5.39 Å². The molecule has 0 spiro atoms. The third-order valence-corrected chi connectivity index (χ3v) is 2.24. The molecule has 0 saturated carbocycles. The van der Waals surface area contributed by atoms with E-state index in [2.05, 4.69) is 4.98 Å². The summed E-state index contributed by atoms with van der Waals surface area (Å²) in [4.78, 5) is 25.5. The number of H-pyrrole nitrogens is 1. The van der Waals surface area contributed by atoms with Gasteiger partial charge >= 0.3 is 6.18 Å². The molecule has 0 atom stereocenters. The van der Waals surface area contributed by atoms with Crippen LogP contribution in [0.3, 0.4) is 0 Å². The van der Waals surface area contributed by atoms with Gasteiger partial charge in [0.1, 0.15) is 12.1 Å². The van der Waals surface area contributed by atoms with Gasteiger partial charge < -0.3 is 9.55 Å². The van der Waals surface area contributed by atoms with E-state index in [0.717, 1.165) is 6.20 Å². The van der Waals surface area contributed by atoms with Crippen LogP contribution in [-0.4, -0.2) is 15.7 Å². The molecule has 0 unspecified atom stereocenters. The molecule has 2 rings (SSSR count). The van der Waals surface area contributed by atoms with E-state index in [4.69, 9.17) is 0 Å². The Hall–Kier alpha value is -2.05. The highest BCUT2D eigenvalue weighted by Crippen LogP contribution is 2.16. The van der Waals surface area contributed by atoms with E-state index in [0.29, 0.717) is 4.57 Å². The summed E-state index contributed by atoms with van der Waals surface area (Å²) in [7, 11) is 0. The molecule has 7 heteroatoms. The third kappa shape index (κ3) is 2.22. The van der Waals surface area contributed by atoms with Gasteiger partial charge in [-0.05, 0) is 6.07 Å². The molecular weight excluding hydrogens is 237 g/mol. The number of rotatable bonds is 1. The lowest BCUT2D eigenvalue weighted by atomic mass is 10.2. The maximum Gasteiger partial charge on any atom is 0.406 e. The van der Waals surface area contributed by atoms with Gasteiger partial charge in [0.25, 0.3) is 5.56 Å². The summed E-state index contributed by atoms with van der Waals surface area (Å²) >= 11 is 0. The van der Waals surface area contributed by atoms with Crippen LogP contribution in [-0.2, 0) is 6.54 Å². The first kappa shape index (κ1) is 11.4. The van der Waals surface area contributed by atoms with Crippen molar-refractivity contribution in [2.45, 2.75) is 12.7 Å². The summed E-state index contributed by atoms with van der Waals surface area (Å²) in [6.45, 7) is -1.38. The van der Waals surface area contributed by atoms with Crippen molar-refractivity contribution in [1.29, 1.82) is 0 Å². The number of hydrogen-bond acceptors (Lipinski definition) is 2. The van der Waals surface area contributed by atoms with Crippen molar-refractivity contribution in [2.24, 2.45) is 0 Å². The lowest BCUT2D eigenvalue weighted by Crippen LogP contribution is -2.28. The number of nitrogens with one attached hydrogen (secondary N) is 1. The highest BCUT2D eigenvalue weighted by atomic mass is 19.4. The van der Waals surface area contributed by atoms with Gasteiger partial charge in [0, 0.05) is 18.5 Å². The zero-order valence-corrected chi connectivity index (χ0v) is 8.41. The fourth-order valence-electron chi connectivity index (χ4n) is 1.53. The SMILES string of the molecule is O=c1cc[nH]c2c(=O)n(CC(F)(F)F)ccc12. The summed E-state index contributed by atoms with van der Waals surface area (Å²) in [5.74, 6) is 0. The van der Waals surface area contributed by atoms with Gasteiger partial charge in [-0.25, -0.2) is 0 Å². The first-order valence-electron chi connectivity index (χ1n) is 4.66. The fraction of sp³-hybridized carbons (Fsp3) is 0.200. The number of fused-ring (bicyclic) bond motifs is 1. The van der Waals surface area contributed by atoms with Crippen LogP contribution >= 0.6 is 0 Å². The third-order valence-electron chi connectivity index (χ3n) is 2.24. The Morgan fingerprint density at radius 2 is 1.94 bits per heavy atom. The lowest BCUT2D eigenvalue weighted by Gasteiger charge is -2.09. The maximum absolute atomic E-state index is 12.2. The average molecular weight is 244 g/mol. The summed E-state index contributed by atoms with van der Waals surface area (Å²) < 4.78 is 37.0. The Kier molecular flexibility index (Phi) is 2.53. The molecule has 0 amide bonds. The summed E-state index contributed by atoms with van der Waals surface area (Å²) in [5, 5.41) is 0.0796. The van der Waals surface area contributed by atoms with Crippen LogP contribution in [0.25, 0.3) is 10.9 Å². The van der Waals surface area contributed by atoms with Crippen molar-refractivity contribution < 1.29 is 13.2 Å². The first-order valence-corrected chi connectivity index (χ1v) is 4.66. The Morgan fingerprint density at radius 1 is 1.24 bits per heavy atom. The molecule has 0 radical (unpaired) electrons.